The Morgan fingerprint density at radius 2 is 1.92 bits per heavy atom. The van der Waals surface area contributed by atoms with Crippen molar-refractivity contribution in [2.45, 2.75) is 65.0 Å². The van der Waals surface area contributed by atoms with Crippen LogP contribution in [0, 0.1) is 0 Å². The highest BCUT2D eigenvalue weighted by Gasteiger charge is 2.29. The van der Waals surface area contributed by atoms with Gasteiger partial charge < -0.3 is 14.4 Å². The van der Waals surface area contributed by atoms with Crippen LogP contribution in [0.15, 0.2) is 6.20 Å². The van der Waals surface area contributed by atoms with Crippen LogP contribution in [0.5, 0.6) is 0 Å². The van der Waals surface area contributed by atoms with E-state index in [-0.39, 0.29) is 17.9 Å². The Bertz CT molecular complexity index is 604. The number of hydrogen-bond donors (Lipinski definition) is 0. The second-order valence-electron chi connectivity index (χ2n) is 6.92. The highest BCUT2D eigenvalue weighted by molar-refractivity contribution is 5.78. The SMILES string of the molecule is CCCCC(=O)N1CCn2cc(CC(=O)N3CCCC3)nc2C1C. The monoisotopic (exact) mass is 332 g/mol. The molecule has 0 aromatic carbocycles. The molecule has 2 amide bonds. The van der Waals surface area contributed by atoms with Crippen LogP contribution in [0.25, 0.3) is 0 Å². The van der Waals surface area contributed by atoms with Gasteiger partial charge in [0.1, 0.15) is 5.82 Å². The van der Waals surface area contributed by atoms with E-state index >= 15 is 0 Å². The molecule has 6 nitrogen and oxygen atoms in total. The number of unbranched alkanes of at least 4 members (excludes halogenated alkanes) is 1. The van der Waals surface area contributed by atoms with Gasteiger partial charge in [0.25, 0.3) is 0 Å². The van der Waals surface area contributed by atoms with E-state index in [9.17, 15) is 9.59 Å². The predicted molar refractivity (Wildman–Crippen MR) is 91.4 cm³/mol. The number of amides is 2. The topological polar surface area (TPSA) is 58.4 Å². The van der Waals surface area contributed by atoms with Gasteiger partial charge in [0, 0.05) is 38.8 Å². The molecule has 2 aliphatic rings. The summed E-state index contributed by atoms with van der Waals surface area (Å²) in [7, 11) is 0. The summed E-state index contributed by atoms with van der Waals surface area (Å²) in [5, 5.41) is 0. The zero-order valence-electron chi connectivity index (χ0n) is 14.8. The largest absolute Gasteiger partial charge is 0.342 e. The summed E-state index contributed by atoms with van der Waals surface area (Å²) in [5.41, 5.74) is 0.830. The maximum absolute atomic E-state index is 12.4. The Balaban J connectivity index is 1.66. The van der Waals surface area contributed by atoms with E-state index in [0.717, 1.165) is 63.4 Å². The van der Waals surface area contributed by atoms with Crippen LogP contribution >= 0.6 is 0 Å². The first-order chi connectivity index (χ1) is 11.6. The number of aromatic nitrogens is 2. The van der Waals surface area contributed by atoms with E-state index in [1.54, 1.807) is 0 Å². The van der Waals surface area contributed by atoms with Gasteiger partial charge >= 0.3 is 0 Å². The molecule has 24 heavy (non-hydrogen) atoms. The Kier molecular flexibility index (Phi) is 5.21. The molecule has 1 saturated heterocycles. The Morgan fingerprint density at radius 1 is 1.17 bits per heavy atom. The molecule has 0 saturated carbocycles. The van der Waals surface area contributed by atoms with Crippen molar-refractivity contribution in [2.75, 3.05) is 19.6 Å². The average Bonchev–Trinajstić information content (AvgIpc) is 3.22. The van der Waals surface area contributed by atoms with Crippen molar-refractivity contribution < 1.29 is 9.59 Å². The molecule has 0 bridgehead atoms. The van der Waals surface area contributed by atoms with Gasteiger partial charge in [-0.25, -0.2) is 4.98 Å². The number of hydrogen-bond acceptors (Lipinski definition) is 3. The number of fused-ring (bicyclic) bond motifs is 1. The van der Waals surface area contributed by atoms with Gasteiger partial charge in [0.2, 0.25) is 11.8 Å². The Hall–Kier alpha value is -1.85. The number of nitrogens with zero attached hydrogens (tertiary/aromatic N) is 4. The Labute approximate surface area is 143 Å². The van der Waals surface area contributed by atoms with Gasteiger partial charge in [-0.1, -0.05) is 13.3 Å². The minimum atomic E-state index is -0.0151. The molecular formula is C18H28N4O2. The standard InChI is InChI=1S/C18H28N4O2/c1-3-4-7-16(23)22-11-10-21-13-15(19-18(21)14(22)2)12-17(24)20-8-5-6-9-20/h13-14H,3-12H2,1-2H3. The molecule has 1 atom stereocenters. The third-order valence-corrected chi connectivity index (χ3v) is 5.14. The molecule has 1 fully saturated rings. The fourth-order valence-corrected chi connectivity index (χ4v) is 3.68. The van der Waals surface area contributed by atoms with Crippen molar-refractivity contribution in [2.24, 2.45) is 0 Å². The van der Waals surface area contributed by atoms with Crippen molar-refractivity contribution >= 4 is 11.8 Å². The molecule has 6 heteroatoms. The summed E-state index contributed by atoms with van der Waals surface area (Å²) in [6, 6.07) is -0.0151. The first kappa shape index (κ1) is 17.0. The highest BCUT2D eigenvalue weighted by Crippen LogP contribution is 2.26. The van der Waals surface area contributed by atoms with Gasteiger partial charge in [-0.05, 0) is 26.2 Å². The molecule has 0 radical (unpaired) electrons. The number of carbonyl (C=O) groups excluding carboxylic acids is 2. The first-order valence-corrected chi connectivity index (χ1v) is 9.23. The lowest BCUT2D eigenvalue weighted by atomic mass is 10.1. The summed E-state index contributed by atoms with van der Waals surface area (Å²) < 4.78 is 2.11. The van der Waals surface area contributed by atoms with E-state index in [2.05, 4.69) is 16.5 Å². The maximum atomic E-state index is 12.4. The van der Waals surface area contributed by atoms with E-state index in [1.165, 1.54) is 0 Å². The maximum Gasteiger partial charge on any atom is 0.228 e. The molecule has 3 rings (SSSR count). The molecule has 1 aromatic heterocycles. The van der Waals surface area contributed by atoms with E-state index in [4.69, 9.17) is 0 Å². The molecule has 1 unspecified atom stereocenters. The molecule has 1 aromatic rings. The third kappa shape index (κ3) is 3.47. The zero-order valence-corrected chi connectivity index (χ0v) is 14.8. The van der Waals surface area contributed by atoms with Gasteiger partial charge in [0.15, 0.2) is 0 Å². The summed E-state index contributed by atoms with van der Waals surface area (Å²) in [6.07, 6.45) is 7.16. The van der Waals surface area contributed by atoms with E-state index in [0.29, 0.717) is 12.8 Å². The average molecular weight is 332 g/mol. The lowest BCUT2D eigenvalue weighted by Crippen LogP contribution is -2.41. The predicted octanol–water partition coefficient (Wildman–Crippen LogP) is 2.14. The van der Waals surface area contributed by atoms with Gasteiger partial charge in [0.05, 0.1) is 18.2 Å². The number of likely N-dealkylation sites (tertiary alicyclic amines) is 1. The molecular weight excluding hydrogens is 304 g/mol. The van der Waals surface area contributed by atoms with Crippen LogP contribution in [0.1, 0.15) is 63.5 Å². The van der Waals surface area contributed by atoms with Crippen LogP contribution < -0.4 is 0 Å². The third-order valence-electron chi connectivity index (χ3n) is 5.14. The van der Waals surface area contributed by atoms with E-state index < -0.39 is 0 Å². The Morgan fingerprint density at radius 3 is 2.62 bits per heavy atom. The molecule has 0 spiro atoms. The normalized spacial score (nSPS) is 20.3. The quantitative estimate of drug-likeness (QED) is 0.830. The molecule has 0 aliphatic carbocycles. The lowest BCUT2D eigenvalue weighted by Gasteiger charge is -2.33. The number of carbonyl (C=O) groups is 2. The van der Waals surface area contributed by atoms with Crippen molar-refractivity contribution in [1.29, 1.82) is 0 Å². The highest BCUT2D eigenvalue weighted by atomic mass is 16.2. The summed E-state index contributed by atoms with van der Waals surface area (Å²) >= 11 is 0. The van der Waals surface area contributed by atoms with Crippen molar-refractivity contribution in [3.63, 3.8) is 0 Å². The zero-order chi connectivity index (χ0) is 17.1. The number of rotatable bonds is 5. The summed E-state index contributed by atoms with van der Waals surface area (Å²) in [6.45, 7) is 7.39. The first-order valence-electron chi connectivity index (χ1n) is 9.23. The minimum Gasteiger partial charge on any atom is -0.342 e. The summed E-state index contributed by atoms with van der Waals surface area (Å²) in [5.74, 6) is 1.30. The number of imidazole rings is 1. The second kappa shape index (κ2) is 7.36. The van der Waals surface area contributed by atoms with Gasteiger partial charge in [-0.15, -0.1) is 0 Å². The fourth-order valence-electron chi connectivity index (χ4n) is 3.68. The molecule has 2 aliphatic heterocycles. The van der Waals surface area contributed by atoms with Crippen molar-refractivity contribution in [3.8, 4) is 0 Å². The van der Waals surface area contributed by atoms with Crippen LogP contribution in [-0.2, 0) is 22.6 Å². The van der Waals surface area contributed by atoms with Gasteiger partial charge in [-0.2, -0.15) is 0 Å². The lowest BCUT2D eigenvalue weighted by molar-refractivity contribution is -0.134. The van der Waals surface area contributed by atoms with Crippen LogP contribution in [-0.4, -0.2) is 50.8 Å². The second-order valence-corrected chi connectivity index (χ2v) is 6.92. The van der Waals surface area contributed by atoms with Gasteiger partial charge in [-0.3, -0.25) is 9.59 Å². The van der Waals surface area contributed by atoms with Crippen LogP contribution in [0.2, 0.25) is 0 Å². The van der Waals surface area contributed by atoms with Crippen LogP contribution in [0.3, 0.4) is 0 Å². The van der Waals surface area contributed by atoms with Crippen molar-refractivity contribution in [3.05, 3.63) is 17.7 Å². The molecule has 3 heterocycles. The van der Waals surface area contributed by atoms with Crippen LogP contribution in [0.4, 0.5) is 0 Å². The van der Waals surface area contributed by atoms with Crippen molar-refractivity contribution in [1.82, 2.24) is 19.4 Å². The fraction of sp³-hybridized carbons (Fsp3) is 0.722. The van der Waals surface area contributed by atoms with E-state index in [1.807, 2.05) is 22.9 Å². The summed E-state index contributed by atoms with van der Waals surface area (Å²) in [4.78, 5) is 33.2. The molecule has 0 N–H and O–H groups in total. The smallest absolute Gasteiger partial charge is 0.228 e. The molecule has 132 valence electrons. The minimum absolute atomic E-state index is 0.0151.